The Morgan fingerprint density at radius 2 is 1.88 bits per heavy atom. The summed E-state index contributed by atoms with van der Waals surface area (Å²) in [6, 6.07) is 8.50. The summed E-state index contributed by atoms with van der Waals surface area (Å²) in [5.74, 6) is -1.52. The lowest BCUT2D eigenvalue weighted by atomic mass is 9.89. The van der Waals surface area contributed by atoms with Gasteiger partial charge in [-0.15, -0.1) is 0 Å². The molecule has 138 valence electrons. The highest BCUT2D eigenvalue weighted by Gasteiger charge is 2.21. The van der Waals surface area contributed by atoms with Gasteiger partial charge in [0.25, 0.3) is 0 Å². The minimum absolute atomic E-state index is 0.558. The molecule has 0 unspecified atom stereocenters. The molecule has 0 bridgehead atoms. The summed E-state index contributed by atoms with van der Waals surface area (Å²) in [4.78, 5) is 19.1. The zero-order chi connectivity index (χ0) is 19.1. The van der Waals surface area contributed by atoms with Crippen LogP contribution in [0.15, 0.2) is 42.6 Å². The van der Waals surface area contributed by atoms with E-state index in [0.717, 1.165) is 25.1 Å². The van der Waals surface area contributed by atoms with E-state index >= 15 is 0 Å². The van der Waals surface area contributed by atoms with E-state index in [0.29, 0.717) is 18.7 Å². The number of hydrogen-bond donors (Lipinski definition) is 3. The fraction of sp³-hybridized carbons (Fsp3) is 0.263. The molecule has 0 saturated carbocycles. The average Bonchev–Trinajstić information content (AvgIpc) is 3.04. The molecule has 3 rings (SSSR count). The van der Waals surface area contributed by atoms with E-state index in [9.17, 15) is 9.59 Å². The molecule has 0 amide bonds. The lowest BCUT2D eigenvalue weighted by Gasteiger charge is -2.21. The average molecular weight is 358 g/mol. The van der Waals surface area contributed by atoms with Gasteiger partial charge >= 0.3 is 11.9 Å². The van der Waals surface area contributed by atoms with Crippen LogP contribution in [0, 0.1) is 0 Å². The maximum Gasteiger partial charge on any atom is 0.328 e. The van der Waals surface area contributed by atoms with E-state index in [-0.39, 0.29) is 0 Å². The fourth-order valence-electron chi connectivity index (χ4n) is 3.01. The Hall–Kier alpha value is -3.06. The number of aryl methyl sites for hydroxylation is 1. The van der Waals surface area contributed by atoms with Crippen molar-refractivity contribution in [1.29, 1.82) is 0 Å². The second-order valence-electron chi connectivity index (χ2n) is 5.67. The third kappa shape index (κ3) is 4.52. The summed E-state index contributed by atoms with van der Waals surface area (Å²) in [5, 5.41) is 15.6. The Morgan fingerprint density at radius 1 is 1.19 bits per heavy atom. The van der Waals surface area contributed by atoms with Gasteiger partial charge in [0, 0.05) is 42.6 Å². The molecule has 1 aromatic carbocycles. The maximum atomic E-state index is 9.55. The monoisotopic (exact) mass is 358 g/mol. The quantitative estimate of drug-likeness (QED) is 0.704. The first-order valence-electron chi connectivity index (χ1n) is 8.16. The van der Waals surface area contributed by atoms with Crippen molar-refractivity contribution < 1.29 is 24.5 Å². The minimum Gasteiger partial charge on any atom is -0.496 e. The molecule has 4 N–H and O–H groups in total. The number of aromatic nitrogens is 1. The van der Waals surface area contributed by atoms with E-state index in [1.165, 1.54) is 22.4 Å². The van der Waals surface area contributed by atoms with Gasteiger partial charge in [-0.05, 0) is 30.5 Å². The first kappa shape index (κ1) is 19.3. The number of methoxy groups -OCH3 is 1. The lowest BCUT2D eigenvalue weighted by molar-refractivity contribution is -0.134. The smallest absolute Gasteiger partial charge is 0.328 e. The standard InChI is InChI=1S/C15H18N2O.C4H4O4/c1-18-14-4-2-3-13-12(14)6-5-11-7-9-17(10-8-16)15(11)13;5-3(6)1-2-4(7)8/h2-4,7,9H,5-6,8,10,16H2,1H3;1-2H,(H,5,6)(H,7,8). The summed E-state index contributed by atoms with van der Waals surface area (Å²) >= 11 is 0. The van der Waals surface area contributed by atoms with Gasteiger partial charge in [-0.25, -0.2) is 9.59 Å². The molecule has 0 saturated heterocycles. The van der Waals surface area contributed by atoms with Crippen LogP contribution in [0.4, 0.5) is 0 Å². The number of nitrogens with two attached hydrogens (primary N) is 1. The fourth-order valence-corrected chi connectivity index (χ4v) is 3.01. The molecule has 1 aliphatic carbocycles. The van der Waals surface area contributed by atoms with E-state index in [1.807, 2.05) is 6.07 Å². The van der Waals surface area contributed by atoms with Crippen LogP contribution in [0.25, 0.3) is 11.3 Å². The number of carboxylic acids is 2. The third-order valence-electron chi connectivity index (χ3n) is 4.04. The molecule has 1 aliphatic rings. The van der Waals surface area contributed by atoms with Crippen LogP contribution in [0.2, 0.25) is 0 Å². The molecule has 0 radical (unpaired) electrons. The van der Waals surface area contributed by atoms with E-state index < -0.39 is 11.9 Å². The zero-order valence-corrected chi connectivity index (χ0v) is 14.5. The minimum atomic E-state index is -1.26. The molecule has 1 aromatic heterocycles. The molecule has 0 fully saturated rings. The van der Waals surface area contributed by atoms with Crippen LogP contribution in [-0.2, 0) is 29.0 Å². The molecule has 7 heteroatoms. The highest BCUT2D eigenvalue weighted by molar-refractivity contribution is 5.89. The maximum absolute atomic E-state index is 9.55. The first-order valence-corrected chi connectivity index (χ1v) is 8.16. The Kier molecular flexibility index (Phi) is 6.57. The molecule has 0 spiro atoms. The molecular formula is C19H22N2O5. The van der Waals surface area contributed by atoms with Crippen molar-refractivity contribution in [1.82, 2.24) is 4.57 Å². The summed E-state index contributed by atoms with van der Waals surface area (Å²) in [6.07, 6.45) is 5.40. The van der Waals surface area contributed by atoms with Crippen LogP contribution >= 0.6 is 0 Å². The van der Waals surface area contributed by atoms with Crippen LogP contribution in [0.5, 0.6) is 5.75 Å². The van der Waals surface area contributed by atoms with E-state index in [4.69, 9.17) is 20.7 Å². The summed E-state index contributed by atoms with van der Waals surface area (Å²) in [5.41, 5.74) is 11.0. The van der Waals surface area contributed by atoms with Crippen molar-refractivity contribution in [3.63, 3.8) is 0 Å². The number of fused-ring (bicyclic) bond motifs is 3. The van der Waals surface area contributed by atoms with Crippen molar-refractivity contribution in [3.05, 3.63) is 53.7 Å². The second-order valence-corrected chi connectivity index (χ2v) is 5.67. The molecule has 0 atom stereocenters. The van der Waals surface area contributed by atoms with Crippen LogP contribution < -0.4 is 10.5 Å². The largest absolute Gasteiger partial charge is 0.496 e. The third-order valence-corrected chi connectivity index (χ3v) is 4.04. The van der Waals surface area contributed by atoms with Crippen LogP contribution in [0.1, 0.15) is 11.1 Å². The SMILES string of the molecule is COc1cccc2c1CCc1ccn(CCN)c1-2.O=C(O)C=CC(=O)O. The number of hydrogen-bond acceptors (Lipinski definition) is 4. The van der Waals surface area contributed by atoms with Gasteiger partial charge in [0.15, 0.2) is 0 Å². The van der Waals surface area contributed by atoms with Crippen molar-refractivity contribution in [3.8, 4) is 17.0 Å². The Labute approximate surface area is 151 Å². The molecule has 7 nitrogen and oxygen atoms in total. The predicted molar refractivity (Wildman–Crippen MR) is 97.3 cm³/mol. The number of aliphatic carboxylic acids is 2. The Morgan fingerprint density at radius 3 is 2.46 bits per heavy atom. The van der Waals surface area contributed by atoms with Crippen LogP contribution in [-0.4, -0.2) is 40.4 Å². The van der Waals surface area contributed by atoms with Crippen molar-refractivity contribution in [2.45, 2.75) is 19.4 Å². The number of benzene rings is 1. The highest BCUT2D eigenvalue weighted by Crippen LogP contribution is 2.38. The van der Waals surface area contributed by atoms with E-state index in [2.05, 4.69) is 29.0 Å². The normalized spacial score (nSPS) is 11.9. The van der Waals surface area contributed by atoms with Gasteiger partial charge in [-0.1, -0.05) is 12.1 Å². The Balaban J connectivity index is 0.000000260. The molecule has 2 aromatic rings. The summed E-state index contributed by atoms with van der Waals surface area (Å²) < 4.78 is 7.73. The number of carboxylic acid groups (broad SMARTS) is 2. The highest BCUT2D eigenvalue weighted by atomic mass is 16.5. The summed E-state index contributed by atoms with van der Waals surface area (Å²) in [6.45, 7) is 1.53. The van der Waals surface area contributed by atoms with Gasteiger partial charge in [-0.3, -0.25) is 0 Å². The molecule has 1 heterocycles. The van der Waals surface area contributed by atoms with Gasteiger partial charge in [0.2, 0.25) is 0 Å². The second kappa shape index (κ2) is 8.87. The van der Waals surface area contributed by atoms with Gasteiger partial charge in [0.05, 0.1) is 12.8 Å². The lowest BCUT2D eigenvalue weighted by Crippen LogP contribution is -2.13. The summed E-state index contributed by atoms with van der Waals surface area (Å²) in [7, 11) is 1.74. The first-order chi connectivity index (χ1) is 12.5. The van der Waals surface area contributed by atoms with Crippen LogP contribution in [0.3, 0.4) is 0 Å². The van der Waals surface area contributed by atoms with Gasteiger partial charge in [-0.2, -0.15) is 0 Å². The van der Waals surface area contributed by atoms with Gasteiger partial charge < -0.3 is 25.3 Å². The number of ether oxygens (including phenoxy) is 1. The number of rotatable bonds is 5. The van der Waals surface area contributed by atoms with Gasteiger partial charge in [0.1, 0.15) is 5.75 Å². The van der Waals surface area contributed by atoms with Crippen molar-refractivity contribution in [2.75, 3.05) is 13.7 Å². The van der Waals surface area contributed by atoms with Crippen molar-refractivity contribution >= 4 is 11.9 Å². The predicted octanol–water partition coefficient (Wildman–Crippen LogP) is 1.93. The Bertz CT molecular complexity index is 807. The number of nitrogens with zero attached hydrogens (tertiary/aromatic N) is 1. The van der Waals surface area contributed by atoms with E-state index in [1.54, 1.807) is 7.11 Å². The topological polar surface area (TPSA) is 115 Å². The van der Waals surface area contributed by atoms with Crippen molar-refractivity contribution in [2.24, 2.45) is 5.73 Å². The molecular weight excluding hydrogens is 336 g/mol. The molecule has 26 heavy (non-hydrogen) atoms. The zero-order valence-electron chi connectivity index (χ0n) is 14.5. The molecule has 0 aliphatic heterocycles. The number of carbonyl (C=O) groups is 2.